The fourth-order valence-electron chi connectivity index (χ4n) is 4.18. The number of nitrogens with zero attached hydrogens (tertiary/aromatic N) is 4. The van der Waals surface area contributed by atoms with Crippen LogP contribution in [0, 0.1) is 0 Å². The van der Waals surface area contributed by atoms with Gasteiger partial charge in [-0.05, 0) is 65.4 Å². The van der Waals surface area contributed by atoms with Crippen molar-refractivity contribution in [2.45, 2.75) is 5.72 Å². The Morgan fingerprint density at radius 2 is 1.65 bits per heavy atom. The van der Waals surface area contributed by atoms with Crippen LogP contribution in [-0.2, 0) is 14.3 Å². The zero-order valence-electron chi connectivity index (χ0n) is 17.8. The Hall–Kier alpha value is -4.07. The molecule has 7 nitrogen and oxygen atoms in total. The monoisotopic (exact) mass is 468 g/mol. The van der Waals surface area contributed by atoms with Crippen molar-refractivity contribution in [1.82, 2.24) is 14.8 Å². The summed E-state index contributed by atoms with van der Waals surface area (Å²) in [6.07, 6.45) is 5.91. The molecule has 4 aromatic rings. The van der Waals surface area contributed by atoms with Crippen LogP contribution in [0.5, 0.6) is 0 Å². The van der Waals surface area contributed by atoms with E-state index in [9.17, 15) is 9.59 Å². The van der Waals surface area contributed by atoms with E-state index in [1.54, 1.807) is 41.1 Å². The number of fused-ring (bicyclic) bond motifs is 1. The minimum absolute atomic E-state index is 0.151. The molecule has 1 amide bonds. The number of anilines is 1. The molecule has 0 saturated carbocycles. The van der Waals surface area contributed by atoms with Crippen LogP contribution in [0.25, 0.3) is 27.8 Å². The number of hydrogen-bond donors (Lipinski definition) is 0. The highest BCUT2D eigenvalue weighted by atomic mass is 35.5. The third-order valence-corrected chi connectivity index (χ3v) is 6.12. The van der Waals surface area contributed by atoms with Crippen LogP contribution < -0.4 is 4.90 Å². The van der Waals surface area contributed by atoms with Crippen molar-refractivity contribution >= 4 is 40.0 Å². The molecule has 2 heterocycles. The normalized spacial score (nSPS) is 16.8. The molecule has 166 valence electrons. The van der Waals surface area contributed by atoms with Crippen molar-refractivity contribution in [1.29, 1.82) is 0 Å². The number of rotatable bonds is 3. The summed E-state index contributed by atoms with van der Waals surface area (Å²) >= 11 is 6.10. The van der Waals surface area contributed by atoms with Crippen molar-refractivity contribution < 1.29 is 14.3 Å². The number of benzene rings is 3. The molecule has 8 heteroatoms. The third kappa shape index (κ3) is 3.34. The molecule has 0 atom stereocenters. The topological polar surface area (TPSA) is 77.3 Å². The molecule has 1 saturated heterocycles. The summed E-state index contributed by atoms with van der Waals surface area (Å²) in [6.45, 7) is -0.151. The highest BCUT2D eigenvalue weighted by Crippen LogP contribution is 2.36. The Balaban J connectivity index is 1.54. The van der Waals surface area contributed by atoms with Crippen molar-refractivity contribution in [2.24, 2.45) is 0 Å². The van der Waals surface area contributed by atoms with E-state index in [1.807, 2.05) is 42.5 Å². The van der Waals surface area contributed by atoms with Gasteiger partial charge in [-0.2, -0.15) is 9.67 Å². The smallest absolute Gasteiger partial charge is 0.258 e. The van der Waals surface area contributed by atoms with Gasteiger partial charge in [0.2, 0.25) is 5.95 Å². The second kappa shape index (κ2) is 7.76. The summed E-state index contributed by atoms with van der Waals surface area (Å²) in [5, 5.41) is 7.49. The van der Waals surface area contributed by atoms with Gasteiger partial charge in [0.25, 0.3) is 5.91 Å². The van der Waals surface area contributed by atoms with E-state index in [1.165, 1.54) is 17.1 Å². The lowest BCUT2D eigenvalue weighted by Crippen LogP contribution is -2.46. The van der Waals surface area contributed by atoms with E-state index >= 15 is 0 Å². The van der Waals surface area contributed by atoms with Gasteiger partial charge in [0.05, 0.1) is 5.69 Å². The van der Waals surface area contributed by atoms with E-state index in [0.29, 0.717) is 16.5 Å². The molecule has 0 N–H and O–H groups in total. The number of aromatic nitrogens is 3. The first-order valence-corrected chi connectivity index (χ1v) is 11.0. The van der Waals surface area contributed by atoms with Gasteiger partial charge in [-0.3, -0.25) is 9.59 Å². The summed E-state index contributed by atoms with van der Waals surface area (Å²) in [5.41, 5.74) is 0.232. The van der Waals surface area contributed by atoms with Crippen LogP contribution >= 0.6 is 11.6 Å². The highest BCUT2D eigenvalue weighted by Gasteiger charge is 2.48. The van der Waals surface area contributed by atoms with Crippen LogP contribution in [0.2, 0.25) is 5.02 Å². The Bertz CT molecular complexity index is 1500. The van der Waals surface area contributed by atoms with Crippen LogP contribution in [-0.4, -0.2) is 38.8 Å². The molecule has 0 bridgehead atoms. The molecular formula is C26H17ClN4O3. The van der Waals surface area contributed by atoms with Gasteiger partial charge in [-0.15, -0.1) is 5.10 Å². The zero-order valence-corrected chi connectivity index (χ0v) is 18.5. The maximum Gasteiger partial charge on any atom is 0.258 e. The van der Waals surface area contributed by atoms with Gasteiger partial charge >= 0.3 is 0 Å². The number of allylic oxidation sites excluding steroid dienone is 2. The molecule has 1 aliphatic heterocycles. The number of carbonyl (C=O) groups is 2. The maximum absolute atomic E-state index is 13.0. The van der Waals surface area contributed by atoms with Gasteiger partial charge in [0.15, 0.2) is 17.3 Å². The van der Waals surface area contributed by atoms with E-state index in [2.05, 4.69) is 0 Å². The SMILES string of the molecule is O=C1C=CC2(C=C1)OCC(=O)N2c1nc(-c2ccc3ccccc3c2)nn1-c1ccc(Cl)cc1. The summed E-state index contributed by atoms with van der Waals surface area (Å²) < 4.78 is 7.43. The van der Waals surface area contributed by atoms with Gasteiger partial charge in [0, 0.05) is 10.6 Å². The summed E-state index contributed by atoms with van der Waals surface area (Å²) in [4.78, 5) is 31.0. The molecule has 6 rings (SSSR count). The van der Waals surface area contributed by atoms with Crippen molar-refractivity contribution in [2.75, 3.05) is 11.5 Å². The summed E-state index contributed by atoms with van der Waals surface area (Å²) in [5.74, 6) is 0.253. The van der Waals surface area contributed by atoms with Gasteiger partial charge < -0.3 is 4.74 Å². The second-order valence-electron chi connectivity index (χ2n) is 8.02. The minimum Gasteiger partial charge on any atom is -0.338 e. The fourth-order valence-corrected chi connectivity index (χ4v) is 4.31. The summed E-state index contributed by atoms with van der Waals surface area (Å²) in [6, 6.07) is 21.1. The average Bonchev–Trinajstić information content (AvgIpc) is 3.42. The molecule has 1 fully saturated rings. The molecule has 3 aromatic carbocycles. The zero-order chi connectivity index (χ0) is 23.3. The highest BCUT2D eigenvalue weighted by molar-refractivity contribution is 6.30. The molecular weight excluding hydrogens is 452 g/mol. The van der Waals surface area contributed by atoms with Crippen LogP contribution in [0.3, 0.4) is 0 Å². The fraction of sp³-hybridized carbons (Fsp3) is 0.0769. The van der Waals surface area contributed by atoms with Crippen LogP contribution in [0.4, 0.5) is 5.95 Å². The minimum atomic E-state index is -1.25. The number of ketones is 1. The third-order valence-electron chi connectivity index (χ3n) is 5.87. The first-order valence-electron chi connectivity index (χ1n) is 10.6. The van der Waals surface area contributed by atoms with Gasteiger partial charge in [-0.1, -0.05) is 48.0 Å². The number of hydrogen-bond acceptors (Lipinski definition) is 5. The standard InChI is InChI=1S/C26H17ClN4O3/c27-20-7-9-21(10-8-20)31-25(30-23(33)16-34-26(30)13-11-22(32)12-14-26)28-24(29-31)19-6-5-17-3-1-2-4-18(17)15-19/h1-15H,16H2. The van der Waals surface area contributed by atoms with E-state index < -0.39 is 5.72 Å². The quantitative estimate of drug-likeness (QED) is 0.442. The van der Waals surface area contributed by atoms with Crippen LogP contribution in [0.15, 0.2) is 91.0 Å². The Labute approximate surface area is 199 Å². The van der Waals surface area contributed by atoms with E-state index in [4.69, 9.17) is 26.4 Å². The predicted octanol–water partition coefficient (Wildman–Crippen LogP) is 4.50. The lowest BCUT2D eigenvalue weighted by atomic mass is 10.1. The van der Waals surface area contributed by atoms with Crippen molar-refractivity contribution in [3.05, 3.63) is 96.1 Å². The molecule has 0 radical (unpaired) electrons. The predicted molar refractivity (Wildman–Crippen MR) is 129 cm³/mol. The van der Waals surface area contributed by atoms with Gasteiger partial charge in [-0.25, -0.2) is 4.90 Å². The molecule has 1 spiro atoms. The largest absolute Gasteiger partial charge is 0.338 e. The molecule has 0 unspecified atom stereocenters. The Kier molecular flexibility index (Phi) is 4.69. The number of ether oxygens (including phenoxy) is 1. The molecule has 34 heavy (non-hydrogen) atoms. The Morgan fingerprint density at radius 3 is 2.41 bits per heavy atom. The van der Waals surface area contributed by atoms with Crippen molar-refractivity contribution in [3.63, 3.8) is 0 Å². The number of halogens is 1. The Morgan fingerprint density at radius 1 is 0.912 bits per heavy atom. The molecule has 1 aliphatic carbocycles. The second-order valence-corrected chi connectivity index (χ2v) is 8.46. The number of amides is 1. The van der Waals surface area contributed by atoms with E-state index in [-0.39, 0.29) is 24.2 Å². The lowest BCUT2D eigenvalue weighted by molar-refractivity contribution is -0.117. The average molecular weight is 469 g/mol. The van der Waals surface area contributed by atoms with Crippen molar-refractivity contribution in [3.8, 4) is 17.1 Å². The molecule has 1 aromatic heterocycles. The molecule has 2 aliphatic rings. The lowest BCUT2D eigenvalue weighted by Gasteiger charge is -2.31. The van der Waals surface area contributed by atoms with E-state index in [0.717, 1.165) is 16.3 Å². The van der Waals surface area contributed by atoms with Crippen LogP contribution in [0.1, 0.15) is 0 Å². The maximum atomic E-state index is 13.0. The summed E-state index contributed by atoms with van der Waals surface area (Å²) in [7, 11) is 0. The first-order chi connectivity index (χ1) is 16.5. The first kappa shape index (κ1) is 20.5. The van der Waals surface area contributed by atoms with Gasteiger partial charge in [0.1, 0.15) is 6.61 Å². The number of carbonyl (C=O) groups excluding carboxylic acids is 2.